The van der Waals surface area contributed by atoms with Gasteiger partial charge >= 0.3 is 6.09 Å². The van der Waals surface area contributed by atoms with Gasteiger partial charge in [0.2, 0.25) is 10.0 Å². The molecule has 3 rings (SSSR count). The fourth-order valence-electron chi connectivity index (χ4n) is 3.59. The molecule has 1 aliphatic rings. The Kier molecular flexibility index (Phi) is 7.55. The molecule has 2 aromatic rings. The minimum Gasteiger partial charge on any atom is -0.493 e. The second kappa shape index (κ2) is 10.1. The summed E-state index contributed by atoms with van der Waals surface area (Å²) in [4.78, 5) is 13.7. The second-order valence-electron chi connectivity index (χ2n) is 7.25. The molecule has 1 saturated heterocycles. The molecule has 164 valence electrons. The molecule has 0 saturated carbocycles. The number of piperazine rings is 1. The highest BCUT2D eigenvalue weighted by atomic mass is 32.2. The van der Waals surface area contributed by atoms with Crippen LogP contribution in [-0.4, -0.2) is 63.1 Å². The quantitative estimate of drug-likeness (QED) is 0.590. The number of carbonyl (C=O) groups is 1. The van der Waals surface area contributed by atoms with Crippen LogP contribution in [0.4, 0.5) is 4.79 Å². The van der Waals surface area contributed by atoms with E-state index in [9.17, 15) is 13.2 Å². The Labute approximate surface area is 178 Å². The van der Waals surface area contributed by atoms with Crippen molar-refractivity contribution >= 4 is 26.9 Å². The van der Waals surface area contributed by atoms with Crippen LogP contribution < -0.4 is 4.74 Å². The van der Waals surface area contributed by atoms with Gasteiger partial charge in [-0.25, -0.2) is 13.2 Å². The van der Waals surface area contributed by atoms with Crippen molar-refractivity contribution in [3.8, 4) is 5.75 Å². The molecule has 1 aliphatic heterocycles. The monoisotopic (exact) mass is 434 g/mol. The van der Waals surface area contributed by atoms with Crippen LogP contribution in [0.3, 0.4) is 0 Å². The summed E-state index contributed by atoms with van der Waals surface area (Å²) >= 11 is 0. The van der Waals surface area contributed by atoms with Gasteiger partial charge in [-0.2, -0.15) is 4.31 Å². The maximum Gasteiger partial charge on any atom is 0.409 e. The van der Waals surface area contributed by atoms with Crippen molar-refractivity contribution in [1.29, 1.82) is 0 Å². The van der Waals surface area contributed by atoms with E-state index in [4.69, 9.17) is 9.47 Å². The average molecular weight is 435 g/mol. The van der Waals surface area contributed by atoms with Crippen molar-refractivity contribution < 1.29 is 22.7 Å². The van der Waals surface area contributed by atoms with Crippen LogP contribution in [0.15, 0.2) is 41.3 Å². The zero-order valence-corrected chi connectivity index (χ0v) is 18.5. The lowest BCUT2D eigenvalue weighted by Crippen LogP contribution is -2.50. The first-order valence-corrected chi connectivity index (χ1v) is 12.0. The Hall–Kier alpha value is -2.32. The summed E-state index contributed by atoms with van der Waals surface area (Å²) in [7, 11) is -3.70. The lowest BCUT2D eigenvalue weighted by Gasteiger charge is -2.33. The normalized spacial score (nSPS) is 15.3. The van der Waals surface area contributed by atoms with E-state index in [0.717, 1.165) is 24.6 Å². The first-order valence-electron chi connectivity index (χ1n) is 10.6. The Morgan fingerprint density at radius 1 is 0.967 bits per heavy atom. The van der Waals surface area contributed by atoms with Crippen molar-refractivity contribution in [3.63, 3.8) is 0 Å². The molecule has 0 aliphatic carbocycles. The molecule has 1 heterocycles. The third-order valence-corrected chi connectivity index (χ3v) is 7.19. The van der Waals surface area contributed by atoms with E-state index < -0.39 is 16.1 Å². The fraction of sp³-hybridized carbons (Fsp3) is 0.500. The molecular formula is C22H30N2O5S. The first kappa shape index (κ1) is 22.4. The van der Waals surface area contributed by atoms with E-state index in [1.54, 1.807) is 24.0 Å². The van der Waals surface area contributed by atoms with Crippen LogP contribution in [-0.2, 0) is 14.8 Å². The van der Waals surface area contributed by atoms with Gasteiger partial charge in [0.05, 0.1) is 18.1 Å². The van der Waals surface area contributed by atoms with E-state index in [1.807, 2.05) is 24.3 Å². The van der Waals surface area contributed by atoms with E-state index in [0.29, 0.717) is 37.4 Å². The van der Waals surface area contributed by atoms with E-state index in [-0.39, 0.29) is 18.0 Å². The van der Waals surface area contributed by atoms with E-state index >= 15 is 0 Å². The number of rotatable bonds is 8. The van der Waals surface area contributed by atoms with Crippen molar-refractivity contribution in [2.45, 2.75) is 38.0 Å². The smallest absolute Gasteiger partial charge is 0.409 e. The second-order valence-corrected chi connectivity index (χ2v) is 9.16. The van der Waals surface area contributed by atoms with Gasteiger partial charge in [0.15, 0.2) is 0 Å². The summed E-state index contributed by atoms with van der Waals surface area (Å²) < 4.78 is 39.1. The molecule has 2 aromatic carbocycles. The molecule has 0 unspecified atom stereocenters. The minimum absolute atomic E-state index is 0.241. The fourth-order valence-corrected chi connectivity index (χ4v) is 5.21. The highest BCUT2D eigenvalue weighted by Gasteiger charge is 2.31. The Bertz CT molecular complexity index is 969. The van der Waals surface area contributed by atoms with Crippen molar-refractivity contribution in [2.24, 2.45) is 0 Å². The molecule has 0 atom stereocenters. The lowest BCUT2D eigenvalue weighted by molar-refractivity contribution is 0.0934. The molecule has 1 fully saturated rings. The van der Waals surface area contributed by atoms with Gasteiger partial charge in [-0.05, 0) is 25.5 Å². The van der Waals surface area contributed by atoms with Gasteiger partial charge in [-0.3, -0.25) is 0 Å². The third-order valence-electron chi connectivity index (χ3n) is 5.23. The number of carbonyl (C=O) groups excluding carboxylic acids is 1. The summed E-state index contributed by atoms with van der Waals surface area (Å²) in [5.41, 5.74) is 0. The number of benzene rings is 2. The number of fused-ring (bicyclic) bond motifs is 1. The van der Waals surface area contributed by atoms with Crippen molar-refractivity contribution in [3.05, 3.63) is 36.4 Å². The third kappa shape index (κ3) is 4.87. The number of hydrogen-bond acceptors (Lipinski definition) is 5. The Morgan fingerprint density at radius 2 is 1.67 bits per heavy atom. The zero-order chi connectivity index (χ0) is 21.6. The predicted octanol–water partition coefficient (Wildman–Crippen LogP) is 3.87. The minimum atomic E-state index is -3.70. The number of nitrogens with zero attached hydrogens (tertiary/aromatic N) is 2. The summed E-state index contributed by atoms with van der Waals surface area (Å²) in [5.74, 6) is 0.702. The van der Waals surface area contributed by atoms with Crippen LogP contribution in [0.25, 0.3) is 10.8 Å². The summed E-state index contributed by atoms with van der Waals surface area (Å²) in [6.07, 6.45) is 2.78. The standard InChI is InChI=1S/C22H30N2O5S/c1-3-5-8-17-29-20-11-12-21(19-10-7-6-9-18(19)20)30(26,27)24-15-13-23(14-16-24)22(25)28-4-2/h6-7,9-12H,3-5,8,13-17H2,1-2H3. The van der Waals surface area contributed by atoms with Crippen molar-refractivity contribution in [2.75, 3.05) is 39.4 Å². The summed E-state index contributed by atoms with van der Waals surface area (Å²) in [6.45, 7) is 5.91. The maximum atomic E-state index is 13.4. The number of hydrogen-bond donors (Lipinski definition) is 0. The van der Waals surface area contributed by atoms with Gasteiger partial charge < -0.3 is 14.4 Å². The highest BCUT2D eigenvalue weighted by Crippen LogP contribution is 2.33. The molecule has 0 aromatic heterocycles. The lowest BCUT2D eigenvalue weighted by atomic mass is 10.1. The van der Waals surface area contributed by atoms with Crippen LogP contribution in [0.1, 0.15) is 33.1 Å². The van der Waals surface area contributed by atoms with Gasteiger partial charge in [-0.15, -0.1) is 0 Å². The largest absolute Gasteiger partial charge is 0.493 e. The topological polar surface area (TPSA) is 76.2 Å². The van der Waals surface area contributed by atoms with Crippen LogP contribution >= 0.6 is 0 Å². The van der Waals surface area contributed by atoms with Crippen LogP contribution in [0.2, 0.25) is 0 Å². The van der Waals surface area contributed by atoms with E-state index in [1.165, 1.54) is 4.31 Å². The SMILES string of the molecule is CCCCCOc1ccc(S(=O)(=O)N2CCN(C(=O)OCC)CC2)c2ccccc12. The summed E-state index contributed by atoms with van der Waals surface area (Å²) in [5, 5.41) is 1.44. The number of unbranched alkanes of at least 4 members (excludes halogenated alkanes) is 2. The Balaban J connectivity index is 1.81. The Morgan fingerprint density at radius 3 is 2.33 bits per heavy atom. The maximum absolute atomic E-state index is 13.4. The zero-order valence-electron chi connectivity index (χ0n) is 17.7. The van der Waals surface area contributed by atoms with Gasteiger partial charge in [0.25, 0.3) is 0 Å². The predicted molar refractivity (Wildman–Crippen MR) is 116 cm³/mol. The number of ether oxygens (including phenoxy) is 2. The molecule has 0 spiro atoms. The highest BCUT2D eigenvalue weighted by molar-refractivity contribution is 7.89. The molecule has 30 heavy (non-hydrogen) atoms. The van der Waals surface area contributed by atoms with Gasteiger partial charge in [-0.1, -0.05) is 44.0 Å². The van der Waals surface area contributed by atoms with Crippen LogP contribution in [0, 0.1) is 0 Å². The number of sulfonamides is 1. The molecule has 7 nitrogen and oxygen atoms in total. The molecule has 1 amide bonds. The van der Waals surface area contributed by atoms with Gasteiger partial charge in [0.1, 0.15) is 5.75 Å². The summed E-state index contributed by atoms with van der Waals surface area (Å²) in [6, 6.07) is 10.8. The van der Waals surface area contributed by atoms with E-state index in [2.05, 4.69) is 6.92 Å². The molecule has 8 heteroatoms. The molecule has 0 N–H and O–H groups in total. The molecule has 0 bridgehead atoms. The van der Waals surface area contributed by atoms with Crippen molar-refractivity contribution in [1.82, 2.24) is 9.21 Å². The molecular weight excluding hydrogens is 404 g/mol. The first-order chi connectivity index (χ1) is 14.5. The van der Waals surface area contributed by atoms with Crippen LogP contribution in [0.5, 0.6) is 5.75 Å². The van der Waals surface area contributed by atoms with Gasteiger partial charge in [0, 0.05) is 37.0 Å². The number of amides is 1. The average Bonchev–Trinajstić information content (AvgIpc) is 2.76. The molecule has 0 radical (unpaired) electrons.